The SMILES string of the molecule is Cc1ccc(-c2nnc(SCC(=O)N3CCN(c4cccc(C(F)(F)F)c4)CC3)n2C)cc1. The second-order valence-corrected chi connectivity index (χ2v) is 8.88. The number of aromatic nitrogens is 3. The number of anilines is 1. The Labute approximate surface area is 194 Å². The summed E-state index contributed by atoms with van der Waals surface area (Å²) in [5.74, 6) is 0.937. The summed E-state index contributed by atoms with van der Waals surface area (Å²) in [6.45, 7) is 3.91. The van der Waals surface area contributed by atoms with Crippen molar-refractivity contribution in [3.63, 3.8) is 0 Å². The van der Waals surface area contributed by atoms with Gasteiger partial charge in [-0.3, -0.25) is 4.79 Å². The molecule has 0 unspecified atom stereocenters. The first-order valence-corrected chi connectivity index (χ1v) is 11.5. The van der Waals surface area contributed by atoms with Crippen molar-refractivity contribution in [2.75, 3.05) is 36.8 Å². The Kier molecular flexibility index (Phi) is 6.64. The summed E-state index contributed by atoms with van der Waals surface area (Å²) in [4.78, 5) is 16.3. The van der Waals surface area contributed by atoms with Crippen molar-refractivity contribution in [3.05, 3.63) is 59.7 Å². The number of piperazine rings is 1. The molecule has 33 heavy (non-hydrogen) atoms. The highest BCUT2D eigenvalue weighted by Gasteiger charge is 2.31. The van der Waals surface area contributed by atoms with Crippen LogP contribution < -0.4 is 4.90 Å². The van der Waals surface area contributed by atoms with Crippen LogP contribution >= 0.6 is 11.8 Å². The van der Waals surface area contributed by atoms with Crippen molar-refractivity contribution in [2.45, 2.75) is 18.3 Å². The first-order chi connectivity index (χ1) is 15.7. The maximum absolute atomic E-state index is 13.0. The average molecular weight is 476 g/mol. The normalized spacial score (nSPS) is 14.6. The third kappa shape index (κ3) is 5.32. The van der Waals surface area contributed by atoms with Crippen molar-refractivity contribution < 1.29 is 18.0 Å². The number of rotatable bonds is 5. The number of hydrogen-bond donors (Lipinski definition) is 0. The first kappa shape index (κ1) is 23.2. The number of alkyl halides is 3. The van der Waals surface area contributed by atoms with Gasteiger partial charge < -0.3 is 14.4 Å². The van der Waals surface area contributed by atoms with E-state index in [2.05, 4.69) is 10.2 Å². The summed E-state index contributed by atoms with van der Waals surface area (Å²) in [5.41, 5.74) is 1.98. The van der Waals surface area contributed by atoms with Crippen molar-refractivity contribution in [2.24, 2.45) is 7.05 Å². The Morgan fingerprint density at radius 2 is 1.73 bits per heavy atom. The number of carbonyl (C=O) groups excluding carboxylic acids is 1. The third-order valence-corrected chi connectivity index (χ3v) is 6.65. The van der Waals surface area contributed by atoms with E-state index in [0.29, 0.717) is 37.0 Å². The Morgan fingerprint density at radius 3 is 2.39 bits per heavy atom. The molecule has 1 aliphatic rings. The molecule has 1 saturated heterocycles. The smallest absolute Gasteiger partial charge is 0.368 e. The standard InChI is InChI=1S/C23H24F3N5OS/c1-16-6-8-17(9-7-16)21-27-28-22(29(21)2)33-15-20(32)31-12-10-30(11-13-31)19-5-3-4-18(14-19)23(24,25)26/h3-9,14H,10-13,15H2,1-2H3. The highest BCUT2D eigenvalue weighted by atomic mass is 32.2. The van der Waals surface area contributed by atoms with Crippen LogP contribution in [0.3, 0.4) is 0 Å². The molecular weight excluding hydrogens is 451 g/mol. The number of benzene rings is 2. The second-order valence-electron chi connectivity index (χ2n) is 7.94. The summed E-state index contributed by atoms with van der Waals surface area (Å²) in [7, 11) is 1.87. The largest absolute Gasteiger partial charge is 0.416 e. The first-order valence-electron chi connectivity index (χ1n) is 10.5. The zero-order valence-electron chi connectivity index (χ0n) is 18.3. The molecule has 174 valence electrons. The molecule has 4 rings (SSSR count). The summed E-state index contributed by atoms with van der Waals surface area (Å²) in [6.07, 6.45) is -4.37. The molecule has 0 saturated carbocycles. The molecule has 6 nitrogen and oxygen atoms in total. The van der Waals surface area contributed by atoms with Gasteiger partial charge in [-0.25, -0.2) is 0 Å². The average Bonchev–Trinajstić information content (AvgIpc) is 3.18. The Balaban J connectivity index is 1.32. The topological polar surface area (TPSA) is 54.3 Å². The van der Waals surface area contributed by atoms with Crippen LogP contribution in [0.2, 0.25) is 0 Å². The zero-order chi connectivity index (χ0) is 23.6. The van der Waals surface area contributed by atoms with Gasteiger partial charge in [0.2, 0.25) is 5.91 Å². The Bertz CT molecular complexity index is 1120. The molecule has 0 aliphatic carbocycles. The maximum atomic E-state index is 13.0. The number of carbonyl (C=O) groups is 1. The summed E-state index contributed by atoms with van der Waals surface area (Å²) >= 11 is 1.33. The van der Waals surface area contributed by atoms with Gasteiger partial charge in [0, 0.05) is 44.5 Å². The summed E-state index contributed by atoms with van der Waals surface area (Å²) in [6, 6.07) is 13.3. The number of amides is 1. The van der Waals surface area contributed by atoms with E-state index in [-0.39, 0.29) is 11.7 Å². The Morgan fingerprint density at radius 1 is 1.03 bits per heavy atom. The molecule has 10 heteroatoms. The molecule has 1 aliphatic heterocycles. The lowest BCUT2D eigenvalue weighted by atomic mass is 10.1. The molecule has 0 N–H and O–H groups in total. The fourth-order valence-corrected chi connectivity index (χ4v) is 4.52. The van der Waals surface area contributed by atoms with Crippen LogP contribution in [-0.4, -0.2) is 57.5 Å². The predicted molar refractivity (Wildman–Crippen MR) is 122 cm³/mol. The second kappa shape index (κ2) is 9.46. The molecule has 0 radical (unpaired) electrons. The molecule has 0 bridgehead atoms. The minimum absolute atomic E-state index is 0.0245. The van der Waals surface area contributed by atoms with Gasteiger partial charge >= 0.3 is 6.18 Å². The molecule has 0 spiro atoms. The molecule has 1 amide bonds. The lowest BCUT2D eigenvalue weighted by Crippen LogP contribution is -2.49. The van der Waals surface area contributed by atoms with Crippen LogP contribution in [0.5, 0.6) is 0 Å². The number of nitrogens with zero attached hydrogens (tertiary/aromatic N) is 5. The third-order valence-electron chi connectivity index (χ3n) is 5.64. The van der Waals surface area contributed by atoms with Gasteiger partial charge in [-0.2, -0.15) is 13.2 Å². The van der Waals surface area contributed by atoms with Crippen LogP contribution in [0.15, 0.2) is 53.7 Å². The number of halogens is 3. The van der Waals surface area contributed by atoms with Gasteiger partial charge in [-0.05, 0) is 25.1 Å². The highest BCUT2D eigenvalue weighted by molar-refractivity contribution is 7.99. The van der Waals surface area contributed by atoms with E-state index >= 15 is 0 Å². The van der Waals surface area contributed by atoms with E-state index in [9.17, 15) is 18.0 Å². The van der Waals surface area contributed by atoms with Crippen LogP contribution in [0, 0.1) is 6.92 Å². The Hall–Kier alpha value is -3.01. The fourth-order valence-electron chi connectivity index (χ4n) is 3.71. The minimum atomic E-state index is -4.37. The van der Waals surface area contributed by atoms with E-state index in [1.54, 1.807) is 11.0 Å². The van der Waals surface area contributed by atoms with Crippen molar-refractivity contribution in [1.29, 1.82) is 0 Å². The van der Waals surface area contributed by atoms with Gasteiger partial charge in [-0.1, -0.05) is 47.7 Å². The highest BCUT2D eigenvalue weighted by Crippen LogP contribution is 2.32. The van der Waals surface area contributed by atoms with Crippen LogP contribution in [0.25, 0.3) is 11.4 Å². The van der Waals surface area contributed by atoms with E-state index in [4.69, 9.17) is 0 Å². The van der Waals surface area contributed by atoms with E-state index in [1.807, 2.05) is 47.7 Å². The molecular formula is C23H24F3N5OS. The van der Waals surface area contributed by atoms with Crippen molar-refractivity contribution in [1.82, 2.24) is 19.7 Å². The van der Waals surface area contributed by atoms with E-state index in [0.717, 1.165) is 29.1 Å². The lowest BCUT2D eigenvalue weighted by molar-refractivity contribution is -0.137. The predicted octanol–water partition coefficient (Wildman–Crippen LogP) is 4.25. The fraction of sp³-hybridized carbons (Fsp3) is 0.348. The molecule has 1 aromatic heterocycles. The quantitative estimate of drug-likeness (QED) is 0.517. The molecule has 3 aromatic rings. The lowest BCUT2D eigenvalue weighted by Gasteiger charge is -2.36. The van der Waals surface area contributed by atoms with Crippen molar-refractivity contribution in [3.8, 4) is 11.4 Å². The van der Waals surface area contributed by atoms with E-state index < -0.39 is 11.7 Å². The number of aryl methyl sites for hydroxylation is 1. The van der Waals surface area contributed by atoms with Gasteiger partial charge in [0.1, 0.15) is 0 Å². The van der Waals surface area contributed by atoms with Crippen LogP contribution in [-0.2, 0) is 18.0 Å². The number of thioether (sulfide) groups is 1. The van der Waals surface area contributed by atoms with Crippen LogP contribution in [0.1, 0.15) is 11.1 Å². The maximum Gasteiger partial charge on any atom is 0.416 e. The summed E-state index contributed by atoms with van der Waals surface area (Å²) in [5, 5.41) is 9.13. The van der Waals surface area contributed by atoms with Crippen LogP contribution in [0.4, 0.5) is 18.9 Å². The summed E-state index contributed by atoms with van der Waals surface area (Å²) < 4.78 is 40.8. The van der Waals surface area contributed by atoms with Gasteiger partial charge in [-0.15, -0.1) is 10.2 Å². The van der Waals surface area contributed by atoms with Gasteiger partial charge in [0.05, 0.1) is 11.3 Å². The van der Waals surface area contributed by atoms with Crippen molar-refractivity contribution >= 4 is 23.4 Å². The molecule has 1 fully saturated rings. The molecule has 2 aromatic carbocycles. The van der Waals surface area contributed by atoms with Gasteiger partial charge in [0.15, 0.2) is 11.0 Å². The molecule has 2 heterocycles. The monoisotopic (exact) mass is 475 g/mol. The number of hydrogen-bond acceptors (Lipinski definition) is 5. The zero-order valence-corrected chi connectivity index (χ0v) is 19.2. The van der Waals surface area contributed by atoms with Gasteiger partial charge in [0.25, 0.3) is 0 Å². The molecule has 0 atom stereocenters. The minimum Gasteiger partial charge on any atom is -0.368 e. The van der Waals surface area contributed by atoms with E-state index in [1.165, 1.54) is 17.8 Å².